The zero-order valence-corrected chi connectivity index (χ0v) is 27.3. The maximum absolute atomic E-state index is 10.2. The molecule has 0 aliphatic rings. The van der Waals surface area contributed by atoms with Crippen LogP contribution in [0.4, 0.5) is 0 Å². The number of rotatable bonds is 5. The molecule has 2 heterocycles. The van der Waals surface area contributed by atoms with Gasteiger partial charge in [0.1, 0.15) is 5.75 Å². The first-order chi connectivity index (χ1) is 18.2. The van der Waals surface area contributed by atoms with Gasteiger partial charge in [-0.05, 0) is 35.9 Å². The van der Waals surface area contributed by atoms with Crippen molar-refractivity contribution in [1.82, 2.24) is 15.0 Å². The van der Waals surface area contributed by atoms with E-state index in [0.29, 0.717) is 11.4 Å². The van der Waals surface area contributed by atoms with E-state index < -0.39 is 0 Å². The molecule has 0 saturated carbocycles. The molecule has 0 atom stereocenters. The molecule has 0 fully saturated rings. The van der Waals surface area contributed by atoms with Crippen molar-refractivity contribution in [2.45, 2.75) is 0 Å². The van der Waals surface area contributed by atoms with Gasteiger partial charge in [0, 0.05) is 34.0 Å². The number of aromatic hydroxyl groups is 1. The molecule has 6 aromatic rings. The zero-order chi connectivity index (χ0) is 25.0. The van der Waals surface area contributed by atoms with Gasteiger partial charge in [-0.2, -0.15) is 0 Å². The molecule has 178 valence electrons. The summed E-state index contributed by atoms with van der Waals surface area (Å²) in [6.07, 6.45) is 1.83. The first-order valence-corrected chi connectivity index (χ1v) is 12.1. The van der Waals surface area contributed by atoms with Crippen LogP contribution in [0.2, 0.25) is 0 Å². The number of aromatic nitrogens is 3. The number of para-hydroxylation sites is 1. The van der Waals surface area contributed by atoms with Gasteiger partial charge in [0.15, 0.2) is 5.82 Å². The Kier molecular flexibility index (Phi) is 8.54. The van der Waals surface area contributed by atoms with Crippen molar-refractivity contribution in [3.63, 3.8) is 0 Å². The fraction of sp³-hybridized carbons (Fsp3) is 0. The fourth-order valence-corrected chi connectivity index (χ4v) is 4.34. The number of pyridine rings is 1. The number of hydrogen-bond acceptors (Lipinski definition) is 4. The van der Waals surface area contributed by atoms with Crippen LogP contribution in [0.5, 0.6) is 5.75 Å². The molecular weight excluding hydrogens is 587 g/mol. The average molecular weight is 611 g/mol. The van der Waals surface area contributed by atoms with Gasteiger partial charge in [-0.1, -0.05) is 97.1 Å². The molecule has 0 amide bonds. The van der Waals surface area contributed by atoms with E-state index in [4.69, 9.17) is 9.97 Å². The summed E-state index contributed by atoms with van der Waals surface area (Å²) in [4.78, 5) is 14.5. The van der Waals surface area contributed by atoms with Gasteiger partial charge in [-0.25, -0.2) is 9.97 Å². The molecule has 4 aromatic carbocycles. The molecule has 0 saturated heterocycles. The Balaban J connectivity index is 0.00000176. The molecule has 38 heavy (non-hydrogen) atoms. The van der Waals surface area contributed by atoms with Crippen LogP contribution in [-0.4, -0.2) is 20.1 Å². The Labute approximate surface area is 282 Å². The van der Waals surface area contributed by atoms with E-state index in [-0.39, 0.29) is 76.1 Å². The molecule has 0 bridgehead atoms. The van der Waals surface area contributed by atoms with Crippen molar-refractivity contribution in [2.75, 3.05) is 0 Å². The molecule has 0 spiro atoms. The van der Waals surface area contributed by atoms with Gasteiger partial charge in [0.05, 0.1) is 17.1 Å². The van der Waals surface area contributed by atoms with Crippen molar-refractivity contribution in [3.8, 4) is 62.0 Å². The largest absolute Gasteiger partial charge is 1.00 e. The predicted molar refractivity (Wildman–Crippen MR) is 150 cm³/mol. The molecule has 4 nitrogen and oxygen atoms in total. The van der Waals surface area contributed by atoms with Gasteiger partial charge in [-0.15, -0.1) is 0 Å². The molecule has 0 unspecified atom stereocenters. The molecule has 1 N–H and O–H groups in total. The van der Waals surface area contributed by atoms with Gasteiger partial charge in [-0.3, -0.25) is 4.98 Å². The maximum atomic E-state index is 10.2. The summed E-state index contributed by atoms with van der Waals surface area (Å²) >= 11 is 0. The average Bonchev–Trinajstić information content (AvgIpc) is 2.98. The molecule has 0 radical (unpaired) electrons. The van der Waals surface area contributed by atoms with Gasteiger partial charge >= 0.3 is 68.9 Å². The second kappa shape index (κ2) is 12.2. The van der Waals surface area contributed by atoms with E-state index in [2.05, 4.69) is 41.4 Å². The smallest absolute Gasteiger partial charge is 1.00 e. The maximum Gasteiger partial charge on any atom is 1.00 e. The van der Waals surface area contributed by atoms with Crippen molar-refractivity contribution in [3.05, 3.63) is 134 Å². The summed E-state index contributed by atoms with van der Waals surface area (Å²) in [7, 11) is 0. The van der Waals surface area contributed by atoms with Crippen LogP contribution >= 0.6 is 0 Å². The SMILES string of the molecule is Oc1ccccc1-c1ccc(-c2cccc(-c3nc(-c4ccccc4)cc(-c4ccccc4)n3)c2)cn1.[Cs+].[H-]. The minimum atomic E-state index is 0. The van der Waals surface area contributed by atoms with Crippen LogP contribution in [0.15, 0.2) is 134 Å². The van der Waals surface area contributed by atoms with E-state index in [1.807, 2.05) is 85.1 Å². The quantitative estimate of drug-likeness (QED) is 0.297. The van der Waals surface area contributed by atoms with E-state index in [1.54, 1.807) is 12.1 Å². The van der Waals surface area contributed by atoms with Gasteiger partial charge in [0.2, 0.25) is 0 Å². The molecular formula is C33H24CsN3O. The number of benzene rings is 4. The normalized spacial score (nSPS) is 10.5. The van der Waals surface area contributed by atoms with Crippen molar-refractivity contribution < 1.29 is 75.4 Å². The number of phenols is 1. The van der Waals surface area contributed by atoms with E-state index in [1.165, 1.54) is 0 Å². The number of hydrogen-bond donors (Lipinski definition) is 1. The minimum absolute atomic E-state index is 0. The Bertz CT molecular complexity index is 1620. The summed E-state index contributed by atoms with van der Waals surface area (Å²) < 4.78 is 0. The Morgan fingerprint density at radius 2 is 1.05 bits per heavy atom. The third kappa shape index (κ3) is 5.84. The first kappa shape index (κ1) is 26.6. The van der Waals surface area contributed by atoms with E-state index in [9.17, 15) is 5.11 Å². The van der Waals surface area contributed by atoms with E-state index in [0.717, 1.165) is 44.9 Å². The Morgan fingerprint density at radius 1 is 0.474 bits per heavy atom. The van der Waals surface area contributed by atoms with Crippen molar-refractivity contribution >= 4 is 0 Å². The van der Waals surface area contributed by atoms with Gasteiger partial charge < -0.3 is 6.53 Å². The predicted octanol–water partition coefficient (Wildman–Crippen LogP) is 5.03. The van der Waals surface area contributed by atoms with Crippen LogP contribution in [0.1, 0.15) is 1.43 Å². The van der Waals surface area contributed by atoms with Crippen LogP contribution in [0.3, 0.4) is 0 Å². The second-order valence-electron chi connectivity index (χ2n) is 8.72. The number of phenolic OH excluding ortho intramolecular Hbond substituents is 1. The van der Waals surface area contributed by atoms with Crippen LogP contribution in [0.25, 0.3) is 56.3 Å². The van der Waals surface area contributed by atoms with Crippen LogP contribution in [-0.2, 0) is 0 Å². The molecule has 2 aromatic heterocycles. The van der Waals surface area contributed by atoms with Crippen LogP contribution in [0, 0.1) is 0 Å². The first-order valence-electron chi connectivity index (χ1n) is 12.1. The Hall–Kier alpha value is -3.04. The van der Waals surface area contributed by atoms with Crippen molar-refractivity contribution in [2.24, 2.45) is 0 Å². The summed E-state index contributed by atoms with van der Waals surface area (Å²) in [5.74, 6) is 0.884. The third-order valence-electron chi connectivity index (χ3n) is 6.26. The molecule has 0 aliphatic carbocycles. The van der Waals surface area contributed by atoms with Gasteiger partial charge in [0.25, 0.3) is 0 Å². The number of nitrogens with zero attached hydrogens (tertiary/aromatic N) is 3. The summed E-state index contributed by atoms with van der Waals surface area (Å²) in [5, 5.41) is 10.2. The van der Waals surface area contributed by atoms with E-state index >= 15 is 0 Å². The molecule has 0 aliphatic heterocycles. The summed E-state index contributed by atoms with van der Waals surface area (Å²) in [6, 6.07) is 41.8. The third-order valence-corrected chi connectivity index (χ3v) is 6.26. The molecule has 6 rings (SSSR count). The monoisotopic (exact) mass is 611 g/mol. The van der Waals surface area contributed by atoms with Crippen molar-refractivity contribution in [1.29, 1.82) is 0 Å². The second-order valence-corrected chi connectivity index (χ2v) is 8.72. The topological polar surface area (TPSA) is 58.9 Å². The summed E-state index contributed by atoms with van der Waals surface area (Å²) in [5.41, 5.74) is 8.20. The fourth-order valence-electron chi connectivity index (χ4n) is 4.34. The minimum Gasteiger partial charge on any atom is -1.00 e. The Morgan fingerprint density at radius 3 is 1.66 bits per heavy atom. The summed E-state index contributed by atoms with van der Waals surface area (Å²) in [6.45, 7) is 0. The standard InChI is InChI=1S/C33H23N3O.Cs.H/c37-32-17-8-7-16-28(32)29-19-18-27(22-34-29)25-14-9-15-26(20-25)33-35-30(23-10-3-1-4-11-23)21-31(36-33)24-12-5-2-6-13-24;;/h1-22,37H;;/q;+1;-1. The van der Waals surface area contributed by atoms with Crippen LogP contribution < -0.4 is 68.9 Å². The molecule has 5 heteroatoms. The zero-order valence-electron chi connectivity index (χ0n) is 22.0.